The molecule has 35 heavy (non-hydrogen) atoms. The number of hydrogen-bond donors (Lipinski definition) is 1. The number of amides is 1. The normalized spacial score (nSPS) is 13.1. The first-order valence-electron chi connectivity index (χ1n) is 11.3. The highest BCUT2D eigenvalue weighted by Gasteiger charge is 2.28. The van der Waals surface area contributed by atoms with Gasteiger partial charge in [0.05, 0.1) is 6.04 Å². The first-order valence-corrected chi connectivity index (χ1v) is 11.3. The van der Waals surface area contributed by atoms with Gasteiger partial charge in [0, 0.05) is 27.9 Å². The van der Waals surface area contributed by atoms with Gasteiger partial charge in [-0.2, -0.15) is 0 Å². The molecule has 0 bridgehead atoms. The fraction of sp³-hybridized carbons (Fsp3) is 0.154. The van der Waals surface area contributed by atoms with Gasteiger partial charge in [0.2, 0.25) is 11.8 Å². The van der Waals surface area contributed by atoms with E-state index < -0.39 is 0 Å². The second-order valence-electron chi connectivity index (χ2n) is 8.57. The smallest absolute Gasteiger partial charge is 0.255 e. The highest BCUT2D eigenvalue weighted by molar-refractivity contribution is 6.04. The fourth-order valence-electron chi connectivity index (χ4n) is 3.80. The van der Waals surface area contributed by atoms with Crippen molar-refractivity contribution in [1.29, 1.82) is 0 Å². The monoisotopic (exact) mass is 463 g/mol. The molecule has 9 nitrogen and oxygen atoms in total. The summed E-state index contributed by atoms with van der Waals surface area (Å²) < 4.78 is 7.68. The Kier molecular flexibility index (Phi) is 5.14. The summed E-state index contributed by atoms with van der Waals surface area (Å²) in [7, 11) is 0. The summed E-state index contributed by atoms with van der Waals surface area (Å²) in [6.07, 6.45) is 2.17. The molecule has 1 aliphatic rings. The zero-order valence-corrected chi connectivity index (χ0v) is 18.9. The van der Waals surface area contributed by atoms with Gasteiger partial charge in [-0.25, -0.2) is 4.68 Å². The van der Waals surface area contributed by atoms with Crippen LogP contribution in [0.25, 0.3) is 34.3 Å². The van der Waals surface area contributed by atoms with E-state index in [4.69, 9.17) is 4.42 Å². The molecular formula is C26H21N7O2. The number of benzene rings is 3. The van der Waals surface area contributed by atoms with Crippen LogP contribution in [-0.4, -0.2) is 36.3 Å². The third kappa shape index (κ3) is 4.31. The van der Waals surface area contributed by atoms with Gasteiger partial charge in [-0.05, 0) is 78.7 Å². The van der Waals surface area contributed by atoms with E-state index in [1.165, 1.54) is 0 Å². The van der Waals surface area contributed by atoms with E-state index in [2.05, 4.69) is 31.0 Å². The molecule has 1 N–H and O–H groups in total. The molecule has 3 aromatic carbocycles. The lowest BCUT2D eigenvalue weighted by Gasteiger charge is -2.08. The van der Waals surface area contributed by atoms with Crippen molar-refractivity contribution in [2.75, 3.05) is 5.32 Å². The van der Waals surface area contributed by atoms with Crippen molar-refractivity contribution in [2.24, 2.45) is 0 Å². The van der Waals surface area contributed by atoms with E-state index in [9.17, 15) is 4.79 Å². The first kappa shape index (κ1) is 20.9. The van der Waals surface area contributed by atoms with Crippen molar-refractivity contribution >= 4 is 11.6 Å². The summed E-state index contributed by atoms with van der Waals surface area (Å²) in [5.74, 6) is 1.34. The Balaban J connectivity index is 1.17. The van der Waals surface area contributed by atoms with Crippen molar-refractivity contribution in [3.05, 3.63) is 83.9 Å². The van der Waals surface area contributed by atoms with Gasteiger partial charge < -0.3 is 9.73 Å². The molecule has 0 atom stereocenters. The Bertz CT molecular complexity index is 1500. The average Bonchev–Trinajstić information content (AvgIpc) is 3.39. The van der Waals surface area contributed by atoms with E-state index in [1.807, 2.05) is 60.1 Å². The van der Waals surface area contributed by atoms with Crippen LogP contribution in [0.3, 0.4) is 0 Å². The quantitative estimate of drug-likeness (QED) is 0.379. The number of aromatic nitrogens is 6. The van der Waals surface area contributed by atoms with Crippen LogP contribution in [0, 0.1) is 6.92 Å². The van der Waals surface area contributed by atoms with Crippen LogP contribution in [-0.2, 0) is 0 Å². The van der Waals surface area contributed by atoms with E-state index in [-0.39, 0.29) is 5.91 Å². The van der Waals surface area contributed by atoms with Gasteiger partial charge in [0.1, 0.15) is 0 Å². The van der Waals surface area contributed by atoms with Crippen LogP contribution in [0.2, 0.25) is 0 Å². The second-order valence-corrected chi connectivity index (χ2v) is 8.57. The molecule has 0 radical (unpaired) electrons. The highest BCUT2D eigenvalue weighted by Crippen LogP contribution is 2.36. The molecule has 1 saturated carbocycles. The predicted octanol–water partition coefficient (Wildman–Crippen LogP) is 4.95. The van der Waals surface area contributed by atoms with Gasteiger partial charge in [-0.3, -0.25) is 4.79 Å². The third-order valence-corrected chi connectivity index (χ3v) is 5.88. The highest BCUT2D eigenvalue weighted by atomic mass is 16.4. The van der Waals surface area contributed by atoms with Crippen molar-refractivity contribution in [1.82, 2.24) is 30.4 Å². The number of aryl methyl sites for hydroxylation is 1. The molecule has 0 unspecified atom stereocenters. The minimum atomic E-state index is -0.221. The van der Waals surface area contributed by atoms with Crippen molar-refractivity contribution in [2.45, 2.75) is 25.8 Å². The number of hydrogen-bond acceptors (Lipinski definition) is 7. The summed E-state index contributed by atoms with van der Waals surface area (Å²) in [5, 5.41) is 23.3. The van der Waals surface area contributed by atoms with Crippen LogP contribution < -0.4 is 5.32 Å². The Hall–Kier alpha value is -4.66. The molecule has 172 valence electrons. The van der Waals surface area contributed by atoms with Crippen LogP contribution >= 0.6 is 0 Å². The maximum absolute atomic E-state index is 12.9. The molecule has 9 heteroatoms. The Morgan fingerprint density at radius 3 is 2.26 bits per heavy atom. The molecular weight excluding hydrogens is 442 g/mol. The average molecular weight is 464 g/mol. The van der Waals surface area contributed by atoms with E-state index >= 15 is 0 Å². The molecule has 1 amide bonds. The molecule has 0 aliphatic heterocycles. The Labute approximate surface area is 200 Å². The lowest BCUT2D eigenvalue weighted by molar-refractivity contribution is 0.102. The maximum atomic E-state index is 12.9. The maximum Gasteiger partial charge on any atom is 0.255 e. The second kappa shape index (κ2) is 8.60. The largest absolute Gasteiger partial charge is 0.416 e. The van der Waals surface area contributed by atoms with E-state index in [1.54, 1.807) is 24.3 Å². The van der Waals surface area contributed by atoms with Crippen LogP contribution in [0.4, 0.5) is 5.69 Å². The fourth-order valence-corrected chi connectivity index (χ4v) is 3.80. The number of nitrogens with one attached hydrogen (secondary N) is 1. The van der Waals surface area contributed by atoms with Gasteiger partial charge >= 0.3 is 0 Å². The lowest BCUT2D eigenvalue weighted by atomic mass is 10.1. The minimum absolute atomic E-state index is 0.221. The van der Waals surface area contributed by atoms with Crippen LogP contribution in [0.1, 0.15) is 34.8 Å². The summed E-state index contributed by atoms with van der Waals surface area (Å²) in [6.45, 7) is 2.02. The number of tetrazole rings is 1. The summed E-state index contributed by atoms with van der Waals surface area (Å²) in [6, 6.07) is 22.8. The first-order chi connectivity index (χ1) is 17.1. The lowest BCUT2D eigenvalue weighted by Crippen LogP contribution is -2.11. The number of anilines is 1. The number of nitrogens with zero attached hydrogens (tertiary/aromatic N) is 6. The summed E-state index contributed by atoms with van der Waals surface area (Å²) in [5.41, 5.74) is 4.80. The number of rotatable bonds is 6. The van der Waals surface area contributed by atoms with Crippen molar-refractivity contribution in [3.63, 3.8) is 0 Å². The van der Waals surface area contributed by atoms with E-state index in [0.717, 1.165) is 35.1 Å². The molecule has 5 aromatic rings. The Morgan fingerprint density at radius 1 is 0.886 bits per heavy atom. The Morgan fingerprint density at radius 2 is 1.57 bits per heavy atom. The standard InChI is InChI=1S/C26H21N7O2/c1-16-5-7-18(8-6-16)25-29-30-26(35-25)19-11-9-17(10-12-19)24(34)27-21-4-2-3-20(15-21)23-28-31-32-33(23)22-13-14-22/h2-12,15,22H,13-14H2,1H3,(H,27,34). The summed E-state index contributed by atoms with van der Waals surface area (Å²) in [4.78, 5) is 12.9. The van der Waals surface area contributed by atoms with Gasteiger partial charge in [-0.1, -0.05) is 29.8 Å². The summed E-state index contributed by atoms with van der Waals surface area (Å²) >= 11 is 0. The third-order valence-electron chi connectivity index (χ3n) is 5.88. The molecule has 6 rings (SSSR count). The number of carbonyl (C=O) groups excluding carboxylic acids is 1. The van der Waals surface area contributed by atoms with Crippen LogP contribution in [0.15, 0.2) is 77.2 Å². The van der Waals surface area contributed by atoms with E-state index in [0.29, 0.717) is 34.9 Å². The molecule has 0 spiro atoms. The molecule has 2 aromatic heterocycles. The predicted molar refractivity (Wildman–Crippen MR) is 129 cm³/mol. The minimum Gasteiger partial charge on any atom is -0.416 e. The molecule has 1 fully saturated rings. The van der Waals surface area contributed by atoms with Crippen LogP contribution in [0.5, 0.6) is 0 Å². The van der Waals surface area contributed by atoms with Crippen molar-refractivity contribution < 1.29 is 9.21 Å². The SMILES string of the molecule is Cc1ccc(-c2nnc(-c3ccc(C(=O)Nc4cccc(-c5nnnn5C5CC5)c4)cc3)o2)cc1. The molecule has 0 saturated heterocycles. The molecule has 1 aliphatic carbocycles. The topological polar surface area (TPSA) is 112 Å². The van der Waals surface area contributed by atoms with Gasteiger partial charge in [0.15, 0.2) is 5.82 Å². The zero-order chi connectivity index (χ0) is 23.8. The van der Waals surface area contributed by atoms with Crippen molar-refractivity contribution in [3.8, 4) is 34.3 Å². The number of carbonyl (C=O) groups is 1. The molecule has 2 heterocycles. The zero-order valence-electron chi connectivity index (χ0n) is 18.9. The van der Waals surface area contributed by atoms with Gasteiger partial charge in [-0.15, -0.1) is 15.3 Å². The van der Waals surface area contributed by atoms with Gasteiger partial charge in [0.25, 0.3) is 5.91 Å².